The molecule has 2 saturated heterocycles. The number of nitrogen functional groups attached to an aromatic ring is 1. The fourth-order valence-electron chi connectivity index (χ4n) is 4.03. The summed E-state index contributed by atoms with van der Waals surface area (Å²) in [6, 6.07) is 8.36. The summed E-state index contributed by atoms with van der Waals surface area (Å²) in [4.78, 5) is 16.5. The number of hydrogen-bond acceptors (Lipinski definition) is 5. The Hall–Kier alpha value is -2.39. The Labute approximate surface area is 175 Å². The summed E-state index contributed by atoms with van der Waals surface area (Å²) < 4.78 is 5.21. The second kappa shape index (κ2) is 11.0. The van der Waals surface area contributed by atoms with Gasteiger partial charge in [0.15, 0.2) is 6.61 Å². The number of likely N-dealkylation sites (tertiary alicyclic amines) is 2. The number of rotatable bonds is 4. The molecule has 1 aromatic carbocycles. The molecule has 29 heavy (non-hydrogen) atoms. The van der Waals surface area contributed by atoms with Gasteiger partial charge in [0, 0.05) is 37.8 Å². The molecule has 1 amide bonds. The van der Waals surface area contributed by atoms with Crippen LogP contribution >= 0.6 is 0 Å². The van der Waals surface area contributed by atoms with Crippen molar-refractivity contribution >= 4 is 17.5 Å². The first-order valence-electron chi connectivity index (χ1n) is 10.7. The van der Waals surface area contributed by atoms with Crippen LogP contribution in [0.3, 0.4) is 0 Å². The average Bonchev–Trinajstić information content (AvgIpc) is 3.15. The van der Waals surface area contributed by atoms with Crippen LogP contribution in [0.2, 0.25) is 0 Å². The van der Waals surface area contributed by atoms with E-state index in [9.17, 15) is 4.79 Å². The van der Waals surface area contributed by atoms with Crippen LogP contribution < -0.4 is 11.1 Å². The Bertz CT molecular complexity index is 719. The standard InChI is InChI=1S/C21H30N4O2.C2H6/c1-3-4-15-27-20(26)24-14-11-21(2,16-24)25-12-9-17(10-13-25)23-19-8-6-5-7-18(19)22;1-2/h5-8,17,23H,9-16,22H2,1-2H3;1-2H3. The highest BCUT2D eigenvalue weighted by molar-refractivity contribution is 5.68. The zero-order valence-corrected chi connectivity index (χ0v) is 18.3. The molecule has 2 fully saturated rings. The van der Waals surface area contributed by atoms with E-state index in [4.69, 9.17) is 10.5 Å². The van der Waals surface area contributed by atoms with E-state index < -0.39 is 0 Å². The van der Waals surface area contributed by atoms with Gasteiger partial charge in [-0.2, -0.15) is 0 Å². The first-order valence-corrected chi connectivity index (χ1v) is 10.7. The molecule has 0 aliphatic carbocycles. The van der Waals surface area contributed by atoms with E-state index in [1.807, 2.05) is 43.0 Å². The molecule has 6 heteroatoms. The third-order valence-corrected chi connectivity index (χ3v) is 5.73. The lowest BCUT2D eigenvalue weighted by atomic mass is 9.94. The van der Waals surface area contributed by atoms with Crippen molar-refractivity contribution in [1.29, 1.82) is 0 Å². The van der Waals surface area contributed by atoms with Gasteiger partial charge in [-0.25, -0.2) is 4.79 Å². The summed E-state index contributed by atoms with van der Waals surface area (Å²) in [6.45, 7) is 11.7. The maximum absolute atomic E-state index is 12.2. The van der Waals surface area contributed by atoms with Crippen molar-refractivity contribution in [1.82, 2.24) is 9.80 Å². The fourth-order valence-corrected chi connectivity index (χ4v) is 4.03. The molecule has 0 saturated carbocycles. The van der Waals surface area contributed by atoms with Gasteiger partial charge in [0.1, 0.15) is 0 Å². The van der Waals surface area contributed by atoms with E-state index in [0.29, 0.717) is 6.04 Å². The van der Waals surface area contributed by atoms with Gasteiger partial charge in [0.05, 0.1) is 11.4 Å². The Morgan fingerprint density at radius 2 is 1.97 bits per heavy atom. The maximum Gasteiger partial charge on any atom is 0.410 e. The molecule has 3 N–H and O–H groups in total. The number of piperidine rings is 1. The molecule has 160 valence electrons. The highest BCUT2D eigenvalue weighted by atomic mass is 16.6. The molecular formula is C23H36N4O2. The highest BCUT2D eigenvalue weighted by Crippen LogP contribution is 2.31. The lowest BCUT2D eigenvalue weighted by molar-refractivity contribution is 0.0755. The molecule has 1 atom stereocenters. The smallest absolute Gasteiger partial charge is 0.410 e. The van der Waals surface area contributed by atoms with Crippen molar-refractivity contribution in [2.75, 3.05) is 43.8 Å². The molecule has 2 aliphatic rings. The maximum atomic E-state index is 12.2. The van der Waals surface area contributed by atoms with Gasteiger partial charge in [0.25, 0.3) is 0 Å². The molecule has 6 nitrogen and oxygen atoms in total. The lowest BCUT2D eigenvalue weighted by Gasteiger charge is -2.43. The molecule has 0 aromatic heterocycles. The van der Waals surface area contributed by atoms with Crippen molar-refractivity contribution in [3.63, 3.8) is 0 Å². The van der Waals surface area contributed by atoms with Crippen LogP contribution in [0.1, 0.15) is 47.0 Å². The number of nitrogens with zero attached hydrogens (tertiary/aromatic N) is 2. The second-order valence-corrected chi connectivity index (χ2v) is 7.64. The predicted molar refractivity (Wildman–Crippen MR) is 120 cm³/mol. The first kappa shape index (κ1) is 22.9. The minimum absolute atomic E-state index is 0.0200. The summed E-state index contributed by atoms with van der Waals surface area (Å²) in [5, 5.41) is 3.58. The fraction of sp³-hybridized carbons (Fsp3) is 0.609. The number of anilines is 2. The minimum atomic E-state index is -0.252. The summed E-state index contributed by atoms with van der Waals surface area (Å²) in [5.74, 6) is 5.51. The van der Waals surface area contributed by atoms with E-state index in [1.165, 1.54) is 0 Å². The molecule has 3 rings (SSSR count). The molecule has 2 heterocycles. The van der Waals surface area contributed by atoms with Crippen molar-refractivity contribution < 1.29 is 9.53 Å². The lowest BCUT2D eigenvalue weighted by Crippen LogP contribution is -2.53. The van der Waals surface area contributed by atoms with Crippen molar-refractivity contribution in [2.24, 2.45) is 0 Å². The van der Waals surface area contributed by atoms with Crippen molar-refractivity contribution in [3.05, 3.63) is 24.3 Å². The van der Waals surface area contributed by atoms with E-state index in [0.717, 1.165) is 56.8 Å². The van der Waals surface area contributed by atoms with Gasteiger partial charge < -0.3 is 20.7 Å². The number of hydrogen-bond donors (Lipinski definition) is 2. The minimum Gasteiger partial charge on any atom is -0.436 e. The quantitative estimate of drug-likeness (QED) is 0.594. The van der Waals surface area contributed by atoms with Crippen molar-refractivity contribution in [3.8, 4) is 11.8 Å². The molecular weight excluding hydrogens is 364 g/mol. The Kier molecular flexibility index (Phi) is 8.66. The normalized spacial score (nSPS) is 22.1. The summed E-state index contributed by atoms with van der Waals surface area (Å²) >= 11 is 0. The second-order valence-electron chi connectivity index (χ2n) is 7.64. The number of nitrogens with one attached hydrogen (secondary N) is 1. The number of carbonyl (C=O) groups excluding carboxylic acids is 1. The molecule has 2 aliphatic heterocycles. The van der Waals surface area contributed by atoms with Crippen molar-refractivity contribution in [2.45, 2.75) is 58.5 Å². The highest BCUT2D eigenvalue weighted by Gasteiger charge is 2.42. The zero-order chi connectivity index (χ0) is 21.3. The Balaban J connectivity index is 0.00000145. The Morgan fingerprint density at radius 1 is 1.28 bits per heavy atom. The van der Waals surface area contributed by atoms with Crippen LogP contribution in [-0.2, 0) is 4.74 Å². The summed E-state index contributed by atoms with van der Waals surface area (Å²) in [7, 11) is 0. The Morgan fingerprint density at radius 3 is 2.62 bits per heavy atom. The zero-order valence-electron chi connectivity index (χ0n) is 18.3. The van der Waals surface area contributed by atoms with E-state index in [2.05, 4.69) is 29.0 Å². The van der Waals surface area contributed by atoms with Crippen LogP contribution in [-0.4, -0.2) is 60.3 Å². The van der Waals surface area contributed by atoms with Gasteiger partial charge in [0.2, 0.25) is 0 Å². The number of amides is 1. The van der Waals surface area contributed by atoms with Crippen LogP contribution in [0, 0.1) is 11.8 Å². The summed E-state index contributed by atoms with van der Waals surface area (Å²) in [6.07, 6.45) is 2.87. The number of nitrogens with two attached hydrogens (primary N) is 1. The predicted octanol–water partition coefficient (Wildman–Crippen LogP) is 3.80. The molecule has 1 unspecified atom stereocenters. The van der Waals surface area contributed by atoms with E-state index in [1.54, 1.807) is 6.92 Å². The SMILES string of the molecule is CC.CC#CCOC(=O)N1CCC(C)(N2CCC(Nc3ccccc3N)CC2)C1. The van der Waals surface area contributed by atoms with Gasteiger partial charge in [-0.15, -0.1) is 5.92 Å². The van der Waals surface area contributed by atoms with Gasteiger partial charge in [-0.3, -0.25) is 4.90 Å². The largest absolute Gasteiger partial charge is 0.436 e. The summed E-state index contributed by atoms with van der Waals surface area (Å²) in [5.41, 5.74) is 7.88. The van der Waals surface area contributed by atoms with Crippen LogP contribution in [0.15, 0.2) is 24.3 Å². The van der Waals surface area contributed by atoms with E-state index in [-0.39, 0.29) is 18.2 Å². The van der Waals surface area contributed by atoms with Gasteiger partial charge >= 0.3 is 6.09 Å². The monoisotopic (exact) mass is 400 g/mol. The van der Waals surface area contributed by atoms with Crippen LogP contribution in [0.4, 0.5) is 16.2 Å². The topological polar surface area (TPSA) is 70.8 Å². The number of ether oxygens (including phenoxy) is 1. The molecule has 0 spiro atoms. The number of para-hydroxylation sites is 2. The third-order valence-electron chi connectivity index (χ3n) is 5.73. The van der Waals surface area contributed by atoms with E-state index >= 15 is 0 Å². The molecule has 0 bridgehead atoms. The van der Waals surface area contributed by atoms with Crippen LogP contribution in [0.5, 0.6) is 0 Å². The molecule has 1 aromatic rings. The van der Waals surface area contributed by atoms with Gasteiger partial charge in [-0.1, -0.05) is 31.9 Å². The van der Waals surface area contributed by atoms with Crippen LogP contribution in [0.25, 0.3) is 0 Å². The number of benzene rings is 1. The average molecular weight is 401 g/mol. The molecule has 0 radical (unpaired) electrons. The first-order chi connectivity index (χ1) is 14.0. The number of carbonyl (C=O) groups is 1. The van der Waals surface area contributed by atoms with Gasteiger partial charge in [-0.05, 0) is 45.2 Å². The third kappa shape index (κ3) is 6.04.